The number of thioether (sulfide) groups is 1. The van der Waals surface area contributed by atoms with Crippen LogP contribution in [0.1, 0.15) is 28.1 Å². The van der Waals surface area contributed by atoms with E-state index in [1.807, 2.05) is 48.9 Å². The van der Waals surface area contributed by atoms with Gasteiger partial charge < -0.3 is 5.32 Å². The molecule has 0 aliphatic heterocycles. The van der Waals surface area contributed by atoms with Crippen LogP contribution in [0.15, 0.2) is 47.6 Å². The molecule has 0 unspecified atom stereocenters. The maximum absolute atomic E-state index is 12.7. The Kier molecular flexibility index (Phi) is 7.27. The molecule has 0 saturated carbocycles. The first-order valence-corrected chi connectivity index (χ1v) is 10.7. The van der Waals surface area contributed by atoms with Gasteiger partial charge in [0.05, 0.1) is 28.6 Å². The Bertz CT molecular complexity index is 1070. The number of amides is 1. The number of nitrogens with zero attached hydrogens (tertiary/aromatic N) is 3. The Hall–Kier alpha value is -2.52. The highest BCUT2D eigenvalue weighted by molar-refractivity contribution is 8.00. The summed E-state index contributed by atoms with van der Waals surface area (Å²) in [6.45, 7) is 4.77. The van der Waals surface area contributed by atoms with Crippen molar-refractivity contribution >= 4 is 29.3 Å². The fourth-order valence-electron chi connectivity index (χ4n) is 2.96. The Morgan fingerprint density at radius 3 is 2.58 bits per heavy atom. The van der Waals surface area contributed by atoms with E-state index < -0.39 is 11.7 Å². The molecule has 1 amide bonds. The van der Waals surface area contributed by atoms with Gasteiger partial charge >= 0.3 is 6.18 Å². The van der Waals surface area contributed by atoms with Gasteiger partial charge in [-0.2, -0.15) is 18.3 Å². The zero-order valence-electron chi connectivity index (χ0n) is 16.8. The number of pyridine rings is 1. The molecular formula is C21H20ClF3N4OS. The van der Waals surface area contributed by atoms with E-state index in [4.69, 9.17) is 11.6 Å². The molecule has 164 valence electrons. The molecule has 31 heavy (non-hydrogen) atoms. The third-order valence-electron chi connectivity index (χ3n) is 4.64. The fourth-order valence-corrected chi connectivity index (χ4v) is 3.98. The number of carbonyl (C=O) groups excluding carboxylic acids is 1. The summed E-state index contributed by atoms with van der Waals surface area (Å²) < 4.78 is 40.0. The third-order valence-corrected chi connectivity index (χ3v) is 6.05. The molecule has 0 aliphatic rings. The summed E-state index contributed by atoms with van der Waals surface area (Å²) in [5.74, 6) is -0.300. The normalized spacial score (nSPS) is 11.5. The van der Waals surface area contributed by atoms with Crippen LogP contribution in [0.5, 0.6) is 0 Å². The number of benzene rings is 1. The molecular weight excluding hydrogens is 449 g/mol. The predicted molar refractivity (Wildman–Crippen MR) is 114 cm³/mol. The molecule has 10 heteroatoms. The lowest BCUT2D eigenvalue weighted by molar-refractivity contribution is -0.137. The first-order valence-electron chi connectivity index (χ1n) is 9.34. The van der Waals surface area contributed by atoms with E-state index in [0.29, 0.717) is 19.3 Å². The Balaban J connectivity index is 1.56. The molecule has 1 aromatic carbocycles. The summed E-state index contributed by atoms with van der Waals surface area (Å²) in [5.41, 5.74) is 2.92. The van der Waals surface area contributed by atoms with Gasteiger partial charge in [-0.15, -0.1) is 0 Å². The van der Waals surface area contributed by atoms with Crippen molar-refractivity contribution in [3.8, 4) is 0 Å². The van der Waals surface area contributed by atoms with Crippen LogP contribution in [0.25, 0.3) is 0 Å². The number of rotatable bonds is 7. The number of hydrogen-bond acceptors (Lipinski definition) is 4. The van der Waals surface area contributed by atoms with Gasteiger partial charge in [-0.05, 0) is 25.5 Å². The third kappa shape index (κ3) is 6.01. The summed E-state index contributed by atoms with van der Waals surface area (Å²) in [6.07, 6.45) is -3.81. The van der Waals surface area contributed by atoms with E-state index in [-0.39, 0.29) is 21.7 Å². The SMILES string of the molecule is Cc1nn(Cc2ccccc2)c(C)c1CNC(=O)CSc1ncc(C(F)(F)F)cc1Cl. The van der Waals surface area contributed by atoms with Gasteiger partial charge in [-0.25, -0.2) is 4.98 Å². The van der Waals surface area contributed by atoms with Crippen LogP contribution < -0.4 is 5.32 Å². The highest BCUT2D eigenvalue weighted by Gasteiger charge is 2.31. The molecule has 1 N–H and O–H groups in total. The second-order valence-corrected chi connectivity index (χ2v) is 8.24. The highest BCUT2D eigenvalue weighted by atomic mass is 35.5. The molecule has 3 aromatic rings. The van der Waals surface area contributed by atoms with E-state index in [0.717, 1.165) is 40.3 Å². The summed E-state index contributed by atoms with van der Waals surface area (Å²) in [7, 11) is 0. The minimum absolute atomic E-state index is 0.0195. The molecule has 0 aliphatic carbocycles. The van der Waals surface area contributed by atoms with Crippen molar-refractivity contribution in [3.63, 3.8) is 0 Å². The predicted octanol–water partition coefficient (Wildman–Crippen LogP) is 5.02. The van der Waals surface area contributed by atoms with Crippen LogP contribution in [0.3, 0.4) is 0 Å². The quantitative estimate of drug-likeness (QED) is 0.494. The molecule has 2 aromatic heterocycles. The van der Waals surface area contributed by atoms with Crippen molar-refractivity contribution in [2.24, 2.45) is 0 Å². The van der Waals surface area contributed by atoms with Crippen LogP contribution in [0, 0.1) is 13.8 Å². The molecule has 0 fully saturated rings. The van der Waals surface area contributed by atoms with Crippen LogP contribution in [0.4, 0.5) is 13.2 Å². The Morgan fingerprint density at radius 2 is 1.94 bits per heavy atom. The van der Waals surface area contributed by atoms with Crippen LogP contribution in [-0.4, -0.2) is 26.4 Å². The monoisotopic (exact) mass is 468 g/mol. The number of nitrogens with one attached hydrogen (secondary N) is 1. The zero-order chi connectivity index (χ0) is 22.6. The molecule has 3 rings (SSSR count). The highest BCUT2D eigenvalue weighted by Crippen LogP contribution is 2.33. The summed E-state index contributed by atoms with van der Waals surface area (Å²) in [5, 5.41) is 7.41. The number of halogens is 4. The molecule has 0 radical (unpaired) electrons. The molecule has 0 atom stereocenters. The van der Waals surface area contributed by atoms with Gasteiger partial charge in [-0.3, -0.25) is 9.48 Å². The lowest BCUT2D eigenvalue weighted by atomic mass is 10.2. The Morgan fingerprint density at radius 1 is 1.23 bits per heavy atom. The van der Waals surface area contributed by atoms with E-state index >= 15 is 0 Å². The second-order valence-electron chi connectivity index (χ2n) is 6.87. The first-order chi connectivity index (χ1) is 14.6. The van der Waals surface area contributed by atoms with Crippen molar-refractivity contribution < 1.29 is 18.0 Å². The minimum atomic E-state index is -4.52. The van der Waals surface area contributed by atoms with Crippen LogP contribution >= 0.6 is 23.4 Å². The number of aromatic nitrogens is 3. The summed E-state index contributed by atoms with van der Waals surface area (Å²) in [6, 6.07) is 10.7. The largest absolute Gasteiger partial charge is 0.417 e. The topological polar surface area (TPSA) is 59.8 Å². The second kappa shape index (κ2) is 9.74. The smallest absolute Gasteiger partial charge is 0.351 e. The average molecular weight is 469 g/mol. The van der Waals surface area contributed by atoms with Gasteiger partial charge in [-0.1, -0.05) is 53.7 Å². The van der Waals surface area contributed by atoms with Gasteiger partial charge in [0, 0.05) is 24.0 Å². The lowest BCUT2D eigenvalue weighted by Gasteiger charge is -2.09. The minimum Gasteiger partial charge on any atom is -0.351 e. The van der Waals surface area contributed by atoms with Gasteiger partial charge in [0.25, 0.3) is 0 Å². The molecule has 0 saturated heterocycles. The maximum Gasteiger partial charge on any atom is 0.417 e. The van der Waals surface area contributed by atoms with Crippen LogP contribution in [0.2, 0.25) is 5.02 Å². The van der Waals surface area contributed by atoms with E-state index in [2.05, 4.69) is 15.4 Å². The molecule has 0 spiro atoms. The fraction of sp³-hybridized carbons (Fsp3) is 0.286. The van der Waals surface area contributed by atoms with E-state index in [1.165, 1.54) is 0 Å². The molecule has 2 heterocycles. The van der Waals surface area contributed by atoms with Crippen molar-refractivity contribution in [1.82, 2.24) is 20.1 Å². The number of aryl methyl sites for hydroxylation is 1. The standard InChI is InChI=1S/C21H20ClF3N4OS/c1-13-17(14(2)29(28-13)11-15-6-4-3-5-7-15)10-26-19(30)12-31-20-18(22)8-16(9-27-20)21(23,24)25/h3-9H,10-12H2,1-2H3,(H,26,30). The van der Waals surface area contributed by atoms with Crippen molar-refractivity contribution in [1.29, 1.82) is 0 Å². The number of alkyl halides is 3. The van der Waals surface area contributed by atoms with E-state index in [1.54, 1.807) is 0 Å². The van der Waals surface area contributed by atoms with Crippen molar-refractivity contribution in [2.45, 2.75) is 38.1 Å². The summed E-state index contributed by atoms with van der Waals surface area (Å²) in [4.78, 5) is 16.0. The number of carbonyl (C=O) groups is 1. The number of hydrogen-bond donors (Lipinski definition) is 1. The van der Waals surface area contributed by atoms with Crippen molar-refractivity contribution in [3.05, 3.63) is 75.7 Å². The van der Waals surface area contributed by atoms with Gasteiger partial charge in [0.2, 0.25) is 5.91 Å². The Labute approximate surface area is 187 Å². The molecule has 0 bridgehead atoms. The van der Waals surface area contributed by atoms with E-state index in [9.17, 15) is 18.0 Å². The average Bonchev–Trinajstić information content (AvgIpc) is 2.98. The van der Waals surface area contributed by atoms with Crippen molar-refractivity contribution in [2.75, 3.05) is 5.75 Å². The van der Waals surface area contributed by atoms with Crippen LogP contribution in [-0.2, 0) is 24.1 Å². The summed E-state index contributed by atoms with van der Waals surface area (Å²) >= 11 is 6.86. The van der Waals surface area contributed by atoms with Gasteiger partial charge in [0.1, 0.15) is 5.03 Å². The molecule has 5 nitrogen and oxygen atoms in total. The zero-order valence-corrected chi connectivity index (χ0v) is 18.4. The maximum atomic E-state index is 12.7. The lowest BCUT2D eigenvalue weighted by Crippen LogP contribution is -2.25. The van der Waals surface area contributed by atoms with Gasteiger partial charge in [0.15, 0.2) is 0 Å². The first kappa shape index (κ1) is 23.1.